The van der Waals surface area contributed by atoms with Crippen LogP contribution < -0.4 is 20.5 Å². The second-order valence-electron chi connectivity index (χ2n) is 8.90. The van der Waals surface area contributed by atoms with Crippen molar-refractivity contribution in [2.24, 2.45) is 0 Å². The molecule has 0 fully saturated rings. The van der Waals surface area contributed by atoms with Gasteiger partial charge in [-0.05, 0) is 72.8 Å². The van der Waals surface area contributed by atoms with Gasteiger partial charge in [0.1, 0.15) is 28.8 Å². The fourth-order valence-electron chi connectivity index (χ4n) is 3.82. The van der Waals surface area contributed by atoms with Gasteiger partial charge in [0.15, 0.2) is 0 Å². The molecule has 0 amide bonds. The van der Waals surface area contributed by atoms with Gasteiger partial charge in [0.05, 0.1) is 31.0 Å². The van der Waals surface area contributed by atoms with E-state index in [0.717, 1.165) is 0 Å². The van der Waals surface area contributed by atoms with E-state index in [9.17, 15) is 14.0 Å². The third kappa shape index (κ3) is 8.58. The molecule has 0 aromatic heterocycles. The summed E-state index contributed by atoms with van der Waals surface area (Å²) in [6.45, 7) is 0. The molecule has 5 aromatic rings. The number of rotatable bonds is 8. The molecule has 0 spiro atoms. The Bertz CT molecular complexity index is 1660. The van der Waals surface area contributed by atoms with Gasteiger partial charge in [0.25, 0.3) is 0 Å². The van der Waals surface area contributed by atoms with Gasteiger partial charge in [-0.25, -0.2) is 14.0 Å². The largest absolute Gasteiger partial charge is 0.465 e. The third-order valence-corrected chi connectivity index (χ3v) is 5.91. The van der Waals surface area contributed by atoms with Crippen LogP contribution in [0.15, 0.2) is 121 Å². The zero-order chi connectivity index (χ0) is 30.6. The van der Waals surface area contributed by atoms with Crippen molar-refractivity contribution in [2.75, 3.05) is 25.3 Å². The summed E-state index contributed by atoms with van der Waals surface area (Å²) in [6, 6.07) is 34.3. The molecule has 0 aliphatic carbocycles. The lowest BCUT2D eigenvalue weighted by Gasteiger charge is -2.13. The van der Waals surface area contributed by atoms with E-state index < -0.39 is 11.9 Å². The lowest BCUT2D eigenvalue weighted by atomic mass is 10.1. The average molecular weight is 581 g/mol. The van der Waals surface area contributed by atoms with Gasteiger partial charge in [-0.2, -0.15) is 0 Å². The zero-order valence-electron chi connectivity index (χ0n) is 23.5. The van der Waals surface area contributed by atoms with Gasteiger partial charge in [-0.1, -0.05) is 36.4 Å². The Labute approximate surface area is 248 Å². The van der Waals surface area contributed by atoms with Gasteiger partial charge in [-0.15, -0.1) is 0 Å². The number of nitrogens with one attached hydrogen (secondary N) is 1. The maximum absolute atomic E-state index is 13.1. The number of ether oxygens (including phenoxy) is 4. The van der Waals surface area contributed by atoms with Crippen LogP contribution in [0.5, 0.6) is 23.0 Å². The minimum atomic E-state index is -0.476. The van der Waals surface area contributed by atoms with E-state index in [4.69, 9.17) is 19.9 Å². The number of para-hydroxylation sites is 2. The van der Waals surface area contributed by atoms with Crippen molar-refractivity contribution in [2.45, 2.75) is 0 Å². The first-order valence-corrected chi connectivity index (χ1v) is 13.0. The molecule has 0 radical (unpaired) electrons. The SMILES string of the molecule is COC(=O)c1ccc(Oc2ccccc2)cc1N.COC(=O)c1ccc(Oc2ccccc2)cc1Nc1ccc(F)cc1. The van der Waals surface area contributed by atoms with Crippen LogP contribution in [0.2, 0.25) is 0 Å². The van der Waals surface area contributed by atoms with E-state index in [0.29, 0.717) is 51.2 Å². The van der Waals surface area contributed by atoms with Gasteiger partial charge in [-0.3, -0.25) is 0 Å². The highest BCUT2D eigenvalue weighted by Gasteiger charge is 2.14. The number of esters is 2. The summed E-state index contributed by atoms with van der Waals surface area (Å²) in [7, 11) is 2.63. The number of carbonyl (C=O) groups is 2. The molecule has 0 saturated carbocycles. The van der Waals surface area contributed by atoms with Gasteiger partial charge >= 0.3 is 11.9 Å². The fourth-order valence-corrected chi connectivity index (χ4v) is 3.82. The van der Waals surface area contributed by atoms with Crippen molar-refractivity contribution >= 4 is 29.0 Å². The third-order valence-electron chi connectivity index (χ3n) is 5.91. The number of hydrogen-bond donors (Lipinski definition) is 2. The minimum absolute atomic E-state index is 0.329. The summed E-state index contributed by atoms with van der Waals surface area (Å²) in [4.78, 5) is 23.3. The molecule has 5 aromatic carbocycles. The summed E-state index contributed by atoms with van der Waals surface area (Å²) in [5.74, 6) is 1.26. The number of benzene rings is 5. The molecule has 0 aliphatic rings. The van der Waals surface area contributed by atoms with Crippen LogP contribution in [0.4, 0.5) is 21.5 Å². The highest BCUT2D eigenvalue weighted by molar-refractivity contribution is 5.97. The van der Waals surface area contributed by atoms with Crippen molar-refractivity contribution in [1.29, 1.82) is 0 Å². The molecule has 0 heterocycles. The van der Waals surface area contributed by atoms with E-state index in [1.165, 1.54) is 26.4 Å². The Morgan fingerprint density at radius 3 is 1.60 bits per heavy atom. The first-order chi connectivity index (χ1) is 20.9. The molecular weight excluding hydrogens is 551 g/mol. The molecule has 8 nitrogen and oxygen atoms in total. The van der Waals surface area contributed by atoms with Crippen molar-refractivity contribution < 1.29 is 32.9 Å². The molecule has 0 unspecified atom stereocenters. The second kappa shape index (κ2) is 14.7. The van der Waals surface area contributed by atoms with E-state index in [1.807, 2.05) is 60.7 Å². The van der Waals surface area contributed by atoms with Gasteiger partial charge in [0.2, 0.25) is 0 Å². The van der Waals surface area contributed by atoms with Crippen LogP contribution in [-0.2, 0) is 9.47 Å². The summed E-state index contributed by atoms with van der Waals surface area (Å²) >= 11 is 0. The van der Waals surface area contributed by atoms with Crippen molar-refractivity contribution in [3.63, 3.8) is 0 Å². The normalized spacial score (nSPS) is 10.0. The van der Waals surface area contributed by atoms with Crippen molar-refractivity contribution in [3.05, 3.63) is 138 Å². The molecule has 0 aliphatic heterocycles. The highest BCUT2D eigenvalue weighted by Crippen LogP contribution is 2.30. The smallest absolute Gasteiger partial charge is 0.339 e. The molecule has 9 heteroatoms. The molecule has 0 saturated heterocycles. The van der Waals surface area contributed by atoms with E-state index >= 15 is 0 Å². The number of anilines is 3. The highest BCUT2D eigenvalue weighted by atomic mass is 19.1. The Balaban J connectivity index is 0.000000208. The quantitative estimate of drug-likeness (QED) is 0.140. The predicted molar refractivity (Wildman–Crippen MR) is 163 cm³/mol. The first-order valence-electron chi connectivity index (χ1n) is 13.0. The second-order valence-corrected chi connectivity index (χ2v) is 8.90. The molecular formula is C34H29FN2O6. The lowest BCUT2D eigenvalue weighted by molar-refractivity contribution is 0.0593. The van der Waals surface area contributed by atoms with E-state index in [1.54, 1.807) is 48.5 Å². The van der Waals surface area contributed by atoms with Crippen LogP contribution in [0.25, 0.3) is 0 Å². The van der Waals surface area contributed by atoms with E-state index in [-0.39, 0.29) is 5.82 Å². The molecule has 3 N–H and O–H groups in total. The van der Waals surface area contributed by atoms with Crippen LogP contribution in [-0.4, -0.2) is 26.2 Å². The average Bonchev–Trinajstić information content (AvgIpc) is 3.03. The van der Waals surface area contributed by atoms with Crippen molar-refractivity contribution in [1.82, 2.24) is 0 Å². The Hall–Kier alpha value is -5.83. The number of nitrogens with two attached hydrogens (primary N) is 1. The monoisotopic (exact) mass is 580 g/mol. The number of hydrogen-bond acceptors (Lipinski definition) is 8. The summed E-state index contributed by atoms with van der Waals surface area (Å²) < 4.78 is 33.9. The maximum Gasteiger partial charge on any atom is 0.339 e. The Kier molecular flexibility index (Phi) is 10.3. The standard InChI is InChI=1S/C20H16FNO3.C14H13NO3/c1-24-20(23)18-12-11-17(25-16-5-3-2-4-6-16)13-19(18)22-15-9-7-14(21)8-10-15;1-17-14(16)12-8-7-11(9-13(12)15)18-10-5-3-2-4-6-10/h2-13,22H,1H3;2-9H,15H2,1H3. The van der Waals surface area contributed by atoms with Crippen LogP contribution in [0.3, 0.4) is 0 Å². The van der Waals surface area contributed by atoms with Crippen LogP contribution in [0, 0.1) is 5.82 Å². The number of nitrogen functional groups attached to an aromatic ring is 1. The summed E-state index contributed by atoms with van der Waals surface area (Å²) in [5.41, 5.74) is 7.93. The lowest BCUT2D eigenvalue weighted by Crippen LogP contribution is -2.06. The summed E-state index contributed by atoms with van der Waals surface area (Å²) in [5, 5.41) is 3.09. The van der Waals surface area contributed by atoms with Crippen molar-refractivity contribution in [3.8, 4) is 23.0 Å². The number of methoxy groups -OCH3 is 2. The zero-order valence-corrected chi connectivity index (χ0v) is 23.5. The topological polar surface area (TPSA) is 109 Å². The number of halogens is 1. The van der Waals surface area contributed by atoms with Crippen LogP contribution >= 0.6 is 0 Å². The molecule has 43 heavy (non-hydrogen) atoms. The summed E-state index contributed by atoms with van der Waals surface area (Å²) in [6.07, 6.45) is 0. The maximum atomic E-state index is 13.1. The molecule has 5 rings (SSSR count). The first kappa shape index (κ1) is 30.1. The molecule has 218 valence electrons. The van der Waals surface area contributed by atoms with Gasteiger partial charge < -0.3 is 30.0 Å². The Morgan fingerprint density at radius 1 is 0.605 bits per heavy atom. The minimum Gasteiger partial charge on any atom is -0.465 e. The number of carbonyl (C=O) groups excluding carboxylic acids is 2. The predicted octanol–water partition coefficient (Wildman–Crippen LogP) is 8.00. The Morgan fingerprint density at radius 2 is 1.09 bits per heavy atom. The molecule has 0 bridgehead atoms. The fraction of sp³-hybridized carbons (Fsp3) is 0.0588. The molecule has 0 atom stereocenters. The van der Waals surface area contributed by atoms with Gasteiger partial charge in [0, 0.05) is 23.5 Å². The van der Waals surface area contributed by atoms with E-state index in [2.05, 4.69) is 10.1 Å². The van der Waals surface area contributed by atoms with Crippen LogP contribution in [0.1, 0.15) is 20.7 Å².